The molecular weight excluding hydrogens is 267 g/mol. The van der Waals surface area contributed by atoms with E-state index in [1.807, 2.05) is 0 Å². The van der Waals surface area contributed by atoms with Gasteiger partial charge in [-0.05, 0) is 30.7 Å². The van der Waals surface area contributed by atoms with Crippen LogP contribution in [0, 0.1) is 6.92 Å². The topological polar surface area (TPSA) is 41.6 Å². The van der Waals surface area contributed by atoms with Crippen LogP contribution in [0.1, 0.15) is 11.3 Å². The Balaban J connectivity index is 2.34. The van der Waals surface area contributed by atoms with E-state index < -0.39 is 11.7 Å². The lowest BCUT2D eigenvalue weighted by atomic mass is 9.98. The van der Waals surface area contributed by atoms with Crippen molar-refractivity contribution in [2.45, 2.75) is 13.1 Å². The summed E-state index contributed by atoms with van der Waals surface area (Å²) in [6.45, 7) is 1.77. The maximum Gasteiger partial charge on any atom is 0.416 e. The lowest BCUT2D eigenvalue weighted by molar-refractivity contribution is -0.137. The molecule has 0 atom stereocenters. The van der Waals surface area contributed by atoms with E-state index in [-0.39, 0.29) is 0 Å². The molecule has 6 heteroatoms. The molecular formula is C14H10F3N3. The fraction of sp³-hybridized carbons (Fsp3) is 0.143. The standard InChI is InChI=1S/C14H10F3N3/c1-8-10(3-2-4-18-8)11-5-9(14(15,16)17)6-13-12(11)7-19-20-13/h2-7H,1H3,(H,19,20). The summed E-state index contributed by atoms with van der Waals surface area (Å²) in [4.78, 5) is 4.13. The average molecular weight is 277 g/mol. The molecule has 2 heterocycles. The number of hydrogen-bond acceptors (Lipinski definition) is 2. The first-order chi connectivity index (χ1) is 9.47. The van der Waals surface area contributed by atoms with Gasteiger partial charge in [-0.25, -0.2) is 0 Å². The van der Waals surface area contributed by atoms with Crippen molar-refractivity contribution in [3.63, 3.8) is 0 Å². The molecule has 0 aliphatic heterocycles. The van der Waals surface area contributed by atoms with Crippen LogP contribution in [0.2, 0.25) is 0 Å². The number of halogens is 3. The van der Waals surface area contributed by atoms with Crippen LogP contribution < -0.4 is 0 Å². The highest BCUT2D eigenvalue weighted by Crippen LogP contribution is 2.37. The Morgan fingerprint density at radius 3 is 2.65 bits per heavy atom. The van der Waals surface area contributed by atoms with Crippen LogP contribution in [-0.2, 0) is 6.18 Å². The Hall–Kier alpha value is -2.37. The van der Waals surface area contributed by atoms with Crippen molar-refractivity contribution < 1.29 is 13.2 Å². The molecule has 0 amide bonds. The van der Waals surface area contributed by atoms with Crippen LogP contribution in [-0.4, -0.2) is 15.2 Å². The second-order valence-electron chi connectivity index (χ2n) is 4.49. The molecule has 0 spiro atoms. The number of pyridine rings is 1. The minimum Gasteiger partial charge on any atom is -0.278 e. The van der Waals surface area contributed by atoms with Crippen LogP contribution in [0.15, 0.2) is 36.7 Å². The van der Waals surface area contributed by atoms with Gasteiger partial charge in [0.25, 0.3) is 0 Å². The van der Waals surface area contributed by atoms with Crippen LogP contribution in [0.3, 0.4) is 0 Å². The molecule has 2 aromatic heterocycles. The zero-order valence-corrected chi connectivity index (χ0v) is 10.5. The van der Waals surface area contributed by atoms with Gasteiger partial charge in [0.05, 0.1) is 17.3 Å². The average Bonchev–Trinajstić information content (AvgIpc) is 2.85. The first-order valence-electron chi connectivity index (χ1n) is 5.93. The number of rotatable bonds is 1. The van der Waals surface area contributed by atoms with Crippen molar-refractivity contribution in [3.05, 3.63) is 47.9 Å². The predicted molar refractivity (Wildman–Crippen MR) is 69.1 cm³/mol. The van der Waals surface area contributed by atoms with Crippen molar-refractivity contribution in [1.29, 1.82) is 0 Å². The summed E-state index contributed by atoms with van der Waals surface area (Å²) in [7, 11) is 0. The molecule has 0 radical (unpaired) electrons. The van der Waals surface area contributed by atoms with Gasteiger partial charge in [0.15, 0.2) is 0 Å². The van der Waals surface area contributed by atoms with Crippen molar-refractivity contribution in [3.8, 4) is 11.1 Å². The molecule has 20 heavy (non-hydrogen) atoms. The Kier molecular flexibility index (Phi) is 2.74. The van der Waals surface area contributed by atoms with Gasteiger partial charge in [-0.3, -0.25) is 10.1 Å². The quantitative estimate of drug-likeness (QED) is 0.731. The lowest BCUT2D eigenvalue weighted by Gasteiger charge is -2.11. The third-order valence-corrected chi connectivity index (χ3v) is 3.18. The minimum absolute atomic E-state index is 0.359. The number of fused-ring (bicyclic) bond motifs is 1. The SMILES string of the molecule is Cc1ncccc1-c1cc(C(F)(F)F)cc2[nH]ncc12. The molecule has 0 bridgehead atoms. The molecule has 3 nitrogen and oxygen atoms in total. The number of hydrogen-bond donors (Lipinski definition) is 1. The summed E-state index contributed by atoms with van der Waals surface area (Å²) < 4.78 is 38.9. The van der Waals surface area contributed by atoms with E-state index in [0.717, 1.165) is 12.1 Å². The van der Waals surface area contributed by atoms with Gasteiger partial charge in [0.1, 0.15) is 0 Å². The first kappa shape index (κ1) is 12.7. The third-order valence-electron chi connectivity index (χ3n) is 3.18. The van der Waals surface area contributed by atoms with Gasteiger partial charge in [-0.15, -0.1) is 0 Å². The smallest absolute Gasteiger partial charge is 0.278 e. The number of aromatic nitrogens is 3. The Morgan fingerprint density at radius 1 is 1.15 bits per heavy atom. The first-order valence-corrected chi connectivity index (χ1v) is 5.93. The van der Waals surface area contributed by atoms with E-state index >= 15 is 0 Å². The van der Waals surface area contributed by atoms with Gasteiger partial charge in [0.2, 0.25) is 0 Å². The molecule has 102 valence electrons. The lowest BCUT2D eigenvalue weighted by Crippen LogP contribution is -2.05. The van der Waals surface area contributed by atoms with Crippen molar-refractivity contribution in [2.75, 3.05) is 0 Å². The van der Waals surface area contributed by atoms with Crippen molar-refractivity contribution >= 4 is 10.9 Å². The summed E-state index contributed by atoms with van der Waals surface area (Å²) in [6, 6.07) is 5.66. The maximum atomic E-state index is 13.0. The maximum absolute atomic E-state index is 13.0. The number of benzene rings is 1. The van der Waals surface area contributed by atoms with E-state index in [4.69, 9.17) is 0 Å². The minimum atomic E-state index is -4.40. The van der Waals surface area contributed by atoms with E-state index in [1.54, 1.807) is 25.3 Å². The van der Waals surface area contributed by atoms with Crippen LogP contribution >= 0.6 is 0 Å². The summed E-state index contributed by atoms with van der Waals surface area (Å²) >= 11 is 0. The highest BCUT2D eigenvalue weighted by Gasteiger charge is 2.31. The second kappa shape index (κ2) is 4.33. The third kappa shape index (κ3) is 2.03. The molecule has 0 aliphatic carbocycles. The van der Waals surface area contributed by atoms with Gasteiger partial charge >= 0.3 is 6.18 Å². The van der Waals surface area contributed by atoms with Crippen LogP contribution in [0.5, 0.6) is 0 Å². The molecule has 0 unspecified atom stereocenters. The van der Waals surface area contributed by atoms with Crippen LogP contribution in [0.4, 0.5) is 13.2 Å². The molecule has 3 rings (SSSR count). The van der Waals surface area contributed by atoms with E-state index in [2.05, 4.69) is 15.2 Å². The van der Waals surface area contributed by atoms with Crippen LogP contribution in [0.25, 0.3) is 22.0 Å². The molecule has 3 aromatic rings. The Bertz CT molecular complexity index is 775. The summed E-state index contributed by atoms with van der Waals surface area (Å²) in [5, 5.41) is 7.07. The summed E-state index contributed by atoms with van der Waals surface area (Å²) in [5.41, 5.74) is 1.49. The number of alkyl halides is 3. The normalized spacial score (nSPS) is 12.0. The number of nitrogens with zero attached hydrogens (tertiary/aromatic N) is 2. The molecule has 0 fully saturated rings. The zero-order valence-electron chi connectivity index (χ0n) is 10.5. The number of aromatic amines is 1. The predicted octanol–water partition coefficient (Wildman–Crippen LogP) is 3.95. The van der Waals surface area contributed by atoms with Crippen molar-refractivity contribution in [1.82, 2.24) is 15.2 Å². The van der Waals surface area contributed by atoms with Crippen molar-refractivity contribution in [2.24, 2.45) is 0 Å². The molecule has 0 saturated carbocycles. The van der Waals surface area contributed by atoms with Gasteiger partial charge in [-0.2, -0.15) is 18.3 Å². The second-order valence-corrected chi connectivity index (χ2v) is 4.49. The number of aryl methyl sites for hydroxylation is 1. The highest BCUT2D eigenvalue weighted by atomic mass is 19.4. The number of H-pyrrole nitrogens is 1. The molecule has 1 N–H and O–H groups in total. The van der Waals surface area contributed by atoms with Gasteiger partial charge in [0, 0.05) is 22.8 Å². The summed E-state index contributed by atoms with van der Waals surface area (Å²) in [5.74, 6) is 0. The molecule has 1 aromatic carbocycles. The monoisotopic (exact) mass is 277 g/mol. The van der Waals surface area contributed by atoms with E-state index in [1.165, 1.54) is 6.20 Å². The Labute approximate surface area is 112 Å². The molecule has 0 aliphatic rings. The fourth-order valence-corrected chi connectivity index (χ4v) is 2.21. The number of nitrogens with one attached hydrogen (secondary N) is 1. The van der Waals surface area contributed by atoms with E-state index in [9.17, 15) is 13.2 Å². The van der Waals surface area contributed by atoms with Gasteiger partial charge < -0.3 is 0 Å². The largest absolute Gasteiger partial charge is 0.416 e. The Morgan fingerprint density at radius 2 is 1.95 bits per heavy atom. The molecule has 0 saturated heterocycles. The van der Waals surface area contributed by atoms with Gasteiger partial charge in [-0.1, -0.05) is 6.07 Å². The zero-order chi connectivity index (χ0) is 14.3. The van der Waals surface area contributed by atoms with E-state index in [0.29, 0.717) is 27.7 Å². The fourth-order valence-electron chi connectivity index (χ4n) is 2.21. The summed E-state index contributed by atoms with van der Waals surface area (Å²) in [6.07, 6.45) is -1.26. The highest BCUT2D eigenvalue weighted by molar-refractivity contribution is 5.95.